The van der Waals surface area contributed by atoms with Gasteiger partial charge < -0.3 is 9.30 Å². The number of allylic oxidation sites excluding steroid dienone is 1. The zero-order chi connectivity index (χ0) is 13.9. The largest absolute Gasteiger partial charge is 0.380 e. The normalized spacial score (nSPS) is 23.3. The van der Waals surface area contributed by atoms with Gasteiger partial charge in [0.15, 0.2) is 0 Å². The molecule has 108 valence electrons. The summed E-state index contributed by atoms with van der Waals surface area (Å²) in [6.07, 6.45) is 4.89. The minimum Gasteiger partial charge on any atom is -0.380 e. The van der Waals surface area contributed by atoms with Crippen LogP contribution in [0.15, 0.2) is 29.6 Å². The molecule has 2 aliphatic heterocycles. The van der Waals surface area contributed by atoms with Crippen LogP contribution in [0.3, 0.4) is 0 Å². The van der Waals surface area contributed by atoms with E-state index in [2.05, 4.69) is 11.5 Å². The first-order valence-electron chi connectivity index (χ1n) is 7.44. The van der Waals surface area contributed by atoms with E-state index >= 15 is 0 Å². The molecule has 0 N–H and O–H groups in total. The second-order valence-corrected chi connectivity index (χ2v) is 5.60. The third-order valence-corrected chi connectivity index (χ3v) is 4.43. The molecule has 1 unspecified atom stereocenters. The Bertz CT molecular complexity index is 544. The Hall–Kier alpha value is -1.39. The third-order valence-electron chi connectivity index (χ3n) is 4.43. The standard InChI is InChI=1S/C16H22N2O2/c1-2-8-18-15-6-10-17(14-7-11-20-12-14)9-5-13(15)3-4-16(18)19/h2-4,14H,1,5-12H2. The Labute approximate surface area is 119 Å². The number of pyridine rings is 1. The van der Waals surface area contributed by atoms with Gasteiger partial charge in [-0.15, -0.1) is 6.58 Å². The molecule has 20 heavy (non-hydrogen) atoms. The van der Waals surface area contributed by atoms with Gasteiger partial charge in [0.2, 0.25) is 0 Å². The Kier molecular flexibility index (Phi) is 4.03. The predicted molar refractivity (Wildman–Crippen MR) is 79.1 cm³/mol. The van der Waals surface area contributed by atoms with Gasteiger partial charge in [0.05, 0.1) is 6.61 Å². The second kappa shape index (κ2) is 5.94. The lowest BCUT2D eigenvalue weighted by Gasteiger charge is -2.25. The van der Waals surface area contributed by atoms with Gasteiger partial charge in [0, 0.05) is 50.5 Å². The molecule has 0 bridgehead atoms. The number of fused-ring (bicyclic) bond motifs is 1. The predicted octanol–water partition coefficient (Wildman–Crippen LogP) is 1.22. The van der Waals surface area contributed by atoms with Crippen molar-refractivity contribution in [3.05, 3.63) is 46.4 Å². The molecule has 2 aliphatic rings. The fraction of sp³-hybridized carbons (Fsp3) is 0.562. The summed E-state index contributed by atoms with van der Waals surface area (Å²) in [7, 11) is 0. The molecule has 1 atom stereocenters. The fourth-order valence-corrected chi connectivity index (χ4v) is 3.32. The van der Waals surface area contributed by atoms with Crippen LogP contribution in [0, 0.1) is 0 Å². The highest BCUT2D eigenvalue weighted by molar-refractivity contribution is 5.24. The SMILES string of the molecule is C=CCn1c2c(ccc1=O)CCN(C1CCOC1)CC2. The number of hydrogen-bond acceptors (Lipinski definition) is 3. The zero-order valence-corrected chi connectivity index (χ0v) is 11.9. The quantitative estimate of drug-likeness (QED) is 0.777. The molecule has 1 saturated heterocycles. The fourth-order valence-electron chi connectivity index (χ4n) is 3.32. The molecule has 0 spiro atoms. The topological polar surface area (TPSA) is 34.5 Å². The molecule has 0 amide bonds. The van der Waals surface area contributed by atoms with E-state index in [1.807, 2.05) is 10.6 Å². The van der Waals surface area contributed by atoms with Crippen molar-refractivity contribution >= 4 is 0 Å². The van der Waals surface area contributed by atoms with Crippen LogP contribution in [-0.2, 0) is 24.1 Å². The monoisotopic (exact) mass is 274 g/mol. The van der Waals surface area contributed by atoms with Gasteiger partial charge in [0.25, 0.3) is 5.56 Å². The maximum absolute atomic E-state index is 12.0. The summed E-state index contributed by atoms with van der Waals surface area (Å²) in [4.78, 5) is 14.5. The van der Waals surface area contributed by atoms with E-state index in [-0.39, 0.29) is 5.56 Å². The molecule has 0 aromatic carbocycles. The Balaban J connectivity index is 1.84. The van der Waals surface area contributed by atoms with Gasteiger partial charge in [-0.3, -0.25) is 9.69 Å². The first-order valence-corrected chi connectivity index (χ1v) is 7.44. The zero-order valence-electron chi connectivity index (χ0n) is 11.9. The van der Waals surface area contributed by atoms with Crippen molar-refractivity contribution in [1.29, 1.82) is 0 Å². The van der Waals surface area contributed by atoms with Gasteiger partial charge in [-0.25, -0.2) is 0 Å². The first-order chi connectivity index (χ1) is 9.79. The molecular weight excluding hydrogens is 252 g/mol. The number of nitrogens with zero attached hydrogens (tertiary/aromatic N) is 2. The van der Waals surface area contributed by atoms with Crippen LogP contribution >= 0.6 is 0 Å². The van der Waals surface area contributed by atoms with Crippen LogP contribution in [0.5, 0.6) is 0 Å². The summed E-state index contributed by atoms with van der Waals surface area (Å²) in [6, 6.07) is 4.26. The number of ether oxygens (including phenoxy) is 1. The number of hydrogen-bond donors (Lipinski definition) is 0. The summed E-state index contributed by atoms with van der Waals surface area (Å²) in [6.45, 7) is 8.19. The van der Waals surface area contributed by atoms with Gasteiger partial charge in [0.1, 0.15) is 0 Å². The molecular formula is C16H22N2O2. The molecule has 4 heteroatoms. The van der Waals surface area contributed by atoms with Crippen molar-refractivity contribution in [2.24, 2.45) is 0 Å². The summed E-state index contributed by atoms with van der Waals surface area (Å²) < 4.78 is 7.37. The van der Waals surface area contributed by atoms with Crippen molar-refractivity contribution in [2.75, 3.05) is 26.3 Å². The molecule has 4 nitrogen and oxygen atoms in total. The summed E-state index contributed by atoms with van der Waals surface area (Å²) in [5, 5.41) is 0. The summed E-state index contributed by atoms with van der Waals surface area (Å²) in [5.74, 6) is 0. The van der Waals surface area contributed by atoms with Crippen LogP contribution in [0.1, 0.15) is 17.7 Å². The van der Waals surface area contributed by atoms with Crippen molar-refractivity contribution in [3.63, 3.8) is 0 Å². The molecule has 3 heterocycles. The molecule has 3 rings (SSSR count). The van der Waals surface area contributed by atoms with Crippen LogP contribution in [0.2, 0.25) is 0 Å². The molecule has 1 fully saturated rings. The van der Waals surface area contributed by atoms with Gasteiger partial charge in [-0.05, 0) is 18.4 Å². The van der Waals surface area contributed by atoms with Gasteiger partial charge in [-0.1, -0.05) is 12.1 Å². The molecule has 1 aromatic heterocycles. The summed E-state index contributed by atoms with van der Waals surface area (Å²) in [5.41, 5.74) is 2.59. The summed E-state index contributed by atoms with van der Waals surface area (Å²) >= 11 is 0. The van der Waals surface area contributed by atoms with E-state index in [0.29, 0.717) is 12.6 Å². The molecule has 0 saturated carbocycles. The smallest absolute Gasteiger partial charge is 0.251 e. The highest BCUT2D eigenvalue weighted by atomic mass is 16.5. The van der Waals surface area contributed by atoms with E-state index in [1.54, 1.807) is 12.1 Å². The highest BCUT2D eigenvalue weighted by Gasteiger charge is 2.25. The molecule has 0 aliphatic carbocycles. The Morgan fingerprint density at radius 1 is 1.35 bits per heavy atom. The van der Waals surface area contributed by atoms with E-state index in [4.69, 9.17) is 4.74 Å². The van der Waals surface area contributed by atoms with Crippen molar-refractivity contribution < 1.29 is 4.74 Å². The molecule has 1 aromatic rings. The highest BCUT2D eigenvalue weighted by Crippen LogP contribution is 2.19. The average Bonchev–Trinajstić information content (AvgIpc) is 2.89. The van der Waals surface area contributed by atoms with Crippen molar-refractivity contribution in [3.8, 4) is 0 Å². The van der Waals surface area contributed by atoms with Crippen LogP contribution in [0.25, 0.3) is 0 Å². The van der Waals surface area contributed by atoms with Gasteiger partial charge >= 0.3 is 0 Å². The lowest BCUT2D eigenvalue weighted by atomic mass is 10.1. The van der Waals surface area contributed by atoms with Crippen molar-refractivity contribution in [1.82, 2.24) is 9.47 Å². The van der Waals surface area contributed by atoms with E-state index < -0.39 is 0 Å². The lowest BCUT2D eigenvalue weighted by Crippen LogP contribution is -2.37. The maximum Gasteiger partial charge on any atom is 0.251 e. The molecule has 0 radical (unpaired) electrons. The van der Waals surface area contributed by atoms with E-state index in [9.17, 15) is 4.79 Å². The number of aromatic nitrogens is 1. The number of rotatable bonds is 3. The minimum absolute atomic E-state index is 0.0845. The Morgan fingerprint density at radius 2 is 2.20 bits per heavy atom. The van der Waals surface area contributed by atoms with Crippen molar-refractivity contribution in [2.45, 2.75) is 31.8 Å². The van der Waals surface area contributed by atoms with E-state index in [1.165, 1.54) is 11.3 Å². The second-order valence-electron chi connectivity index (χ2n) is 5.60. The Morgan fingerprint density at radius 3 is 2.95 bits per heavy atom. The van der Waals surface area contributed by atoms with Crippen LogP contribution < -0.4 is 5.56 Å². The first kappa shape index (κ1) is 13.6. The van der Waals surface area contributed by atoms with Crippen LogP contribution in [-0.4, -0.2) is 41.8 Å². The van der Waals surface area contributed by atoms with Gasteiger partial charge in [-0.2, -0.15) is 0 Å². The van der Waals surface area contributed by atoms with Crippen LogP contribution in [0.4, 0.5) is 0 Å². The maximum atomic E-state index is 12.0. The average molecular weight is 274 g/mol. The van der Waals surface area contributed by atoms with E-state index in [0.717, 1.165) is 45.6 Å². The lowest BCUT2D eigenvalue weighted by molar-refractivity contribution is 0.146. The minimum atomic E-state index is 0.0845. The third kappa shape index (κ3) is 2.58.